The average molecular weight is 248 g/mol. The molecule has 0 aliphatic carbocycles. The molecular weight excluding hydrogens is 228 g/mol. The number of amides is 1. The van der Waals surface area contributed by atoms with Gasteiger partial charge >= 0.3 is 0 Å². The minimum atomic E-state index is -0.0289. The minimum absolute atomic E-state index is 0.0289. The lowest BCUT2D eigenvalue weighted by Crippen LogP contribution is -2.37. The summed E-state index contributed by atoms with van der Waals surface area (Å²) in [6.07, 6.45) is 1.63. The van der Waals surface area contributed by atoms with E-state index >= 15 is 0 Å². The van der Waals surface area contributed by atoms with Crippen molar-refractivity contribution in [3.8, 4) is 5.75 Å². The molecule has 1 aromatic carbocycles. The molecule has 4 heteroatoms. The number of carbonyl (C=O) groups is 1. The molecule has 0 spiro atoms. The van der Waals surface area contributed by atoms with Crippen molar-refractivity contribution >= 4 is 5.91 Å². The summed E-state index contributed by atoms with van der Waals surface area (Å²) in [5, 5.41) is 2.92. The molecule has 1 aromatic rings. The van der Waals surface area contributed by atoms with E-state index in [0.717, 1.165) is 18.6 Å². The second-order valence-corrected chi connectivity index (χ2v) is 4.78. The van der Waals surface area contributed by atoms with Crippen LogP contribution in [0.1, 0.15) is 18.9 Å². The fourth-order valence-electron chi connectivity index (χ4n) is 2.14. The molecule has 18 heavy (non-hydrogen) atoms. The number of nitrogens with two attached hydrogens (primary N) is 1. The molecule has 0 radical (unpaired) electrons. The van der Waals surface area contributed by atoms with E-state index in [0.29, 0.717) is 13.1 Å². The molecule has 2 rings (SSSR count). The first kappa shape index (κ1) is 12.9. The van der Waals surface area contributed by atoms with Crippen LogP contribution in [0.5, 0.6) is 5.75 Å². The van der Waals surface area contributed by atoms with Crippen LogP contribution in [0.4, 0.5) is 0 Å². The maximum atomic E-state index is 11.7. The molecule has 2 unspecified atom stereocenters. The Morgan fingerprint density at radius 3 is 3.06 bits per heavy atom. The van der Waals surface area contributed by atoms with Gasteiger partial charge in [0.1, 0.15) is 11.9 Å². The van der Waals surface area contributed by atoms with Crippen LogP contribution >= 0.6 is 0 Å². The lowest BCUT2D eigenvalue weighted by Gasteiger charge is -2.14. The second kappa shape index (κ2) is 5.87. The number of rotatable bonds is 5. The molecule has 0 saturated heterocycles. The van der Waals surface area contributed by atoms with Crippen molar-refractivity contribution in [3.05, 3.63) is 29.8 Å². The highest BCUT2D eigenvalue weighted by atomic mass is 16.5. The highest BCUT2D eigenvalue weighted by Crippen LogP contribution is 2.27. The fraction of sp³-hybridized carbons (Fsp3) is 0.500. The molecule has 1 aliphatic heterocycles. The summed E-state index contributed by atoms with van der Waals surface area (Å²) in [7, 11) is 0. The van der Waals surface area contributed by atoms with Gasteiger partial charge in [0.05, 0.1) is 6.54 Å². The standard InChI is InChI=1S/C14H20N2O2/c1-10(6-7-15)14(17)16-9-12-8-11-4-2-3-5-13(11)18-12/h2-5,10,12H,6-9,15H2,1H3,(H,16,17). The van der Waals surface area contributed by atoms with E-state index in [4.69, 9.17) is 10.5 Å². The zero-order chi connectivity index (χ0) is 13.0. The number of carbonyl (C=O) groups excluding carboxylic acids is 1. The summed E-state index contributed by atoms with van der Waals surface area (Å²) in [6.45, 7) is 2.99. The number of hydrogen-bond acceptors (Lipinski definition) is 3. The summed E-state index contributed by atoms with van der Waals surface area (Å²) in [4.78, 5) is 11.7. The smallest absolute Gasteiger partial charge is 0.223 e. The van der Waals surface area contributed by atoms with Crippen molar-refractivity contribution < 1.29 is 9.53 Å². The van der Waals surface area contributed by atoms with Crippen LogP contribution in [0.2, 0.25) is 0 Å². The SMILES string of the molecule is CC(CCN)C(=O)NCC1Cc2ccccc2O1. The van der Waals surface area contributed by atoms with Crippen LogP contribution in [0.3, 0.4) is 0 Å². The molecule has 1 amide bonds. The molecule has 3 N–H and O–H groups in total. The van der Waals surface area contributed by atoms with Crippen molar-refractivity contribution in [3.63, 3.8) is 0 Å². The molecule has 0 aromatic heterocycles. The van der Waals surface area contributed by atoms with E-state index in [1.165, 1.54) is 5.56 Å². The molecule has 0 bridgehead atoms. The number of hydrogen-bond donors (Lipinski definition) is 2. The summed E-state index contributed by atoms with van der Waals surface area (Å²) in [5.74, 6) is 0.963. The van der Waals surface area contributed by atoms with Crippen molar-refractivity contribution in [2.24, 2.45) is 11.7 Å². The topological polar surface area (TPSA) is 64.4 Å². The number of ether oxygens (including phenoxy) is 1. The second-order valence-electron chi connectivity index (χ2n) is 4.78. The summed E-state index contributed by atoms with van der Waals surface area (Å²) < 4.78 is 5.76. The Bertz CT molecular complexity index is 395. The zero-order valence-electron chi connectivity index (χ0n) is 10.7. The predicted molar refractivity (Wildman–Crippen MR) is 70.4 cm³/mol. The van der Waals surface area contributed by atoms with Gasteiger partial charge < -0.3 is 15.8 Å². The van der Waals surface area contributed by atoms with Crippen molar-refractivity contribution in [2.45, 2.75) is 25.9 Å². The molecule has 0 fully saturated rings. The lowest BCUT2D eigenvalue weighted by atomic mass is 10.1. The van der Waals surface area contributed by atoms with Crippen LogP contribution < -0.4 is 15.8 Å². The highest BCUT2D eigenvalue weighted by Gasteiger charge is 2.23. The van der Waals surface area contributed by atoms with Crippen LogP contribution in [-0.4, -0.2) is 25.1 Å². The van der Waals surface area contributed by atoms with E-state index in [2.05, 4.69) is 11.4 Å². The Balaban J connectivity index is 1.78. The van der Waals surface area contributed by atoms with Gasteiger partial charge in [0.2, 0.25) is 5.91 Å². The third-order valence-electron chi connectivity index (χ3n) is 3.27. The van der Waals surface area contributed by atoms with Gasteiger partial charge in [0.25, 0.3) is 0 Å². The molecule has 4 nitrogen and oxygen atoms in total. The first-order valence-electron chi connectivity index (χ1n) is 6.43. The maximum Gasteiger partial charge on any atom is 0.223 e. The van der Waals surface area contributed by atoms with Gasteiger partial charge in [0, 0.05) is 12.3 Å². The van der Waals surface area contributed by atoms with Crippen LogP contribution in [0.25, 0.3) is 0 Å². The van der Waals surface area contributed by atoms with E-state index < -0.39 is 0 Å². The molecule has 1 heterocycles. The molecule has 0 saturated carbocycles. The first-order valence-corrected chi connectivity index (χ1v) is 6.43. The van der Waals surface area contributed by atoms with Gasteiger partial charge in [-0.1, -0.05) is 25.1 Å². The van der Waals surface area contributed by atoms with E-state index in [1.54, 1.807) is 0 Å². The largest absolute Gasteiger partial charge is 0.488 e. The zero-order valence-corrected chi connectivity index (χ0v) is 10.7. The van der Waals surface area contributed by atoms with E-state index in [1.807, 2.05) is 25.1 Å². The van der Waals surface area contributed by atoms with Crippen LogP contribution in [0.15, 0.2) is 24.3 Å². The van der Waals surface area contributed by atoms with Crippen molar-refractivity contribution in [1.82, 2.24) is 5.32 Å². The first-order chi connectivity index (χ1) is 8.70. The summed E-state index contributed by atoms with van der Waals surface area (Å²) >= 11 is 0. The van der Waals surface area contributed by atoms with Gasteiger partial charge in [-0.25, -0.2) is 0 Å². The predicted octanol–water partition coefficient (Wildman–Crippen LogP) is 1.09. The Kier molecular flexibility index (Phi) is 4.20. The number of nitrogens with one attached hydrogen (secondary N) is 1. The minimum Gasteiger partial charge on any atom is -0.488 e. The lowest BCUT2D eigenvalue weighted by molar-refractivity contribution is -0.124. The number of fused-ring (bicyclic) bond motifs is 1. The number of para-hydroxylation sites is 1. The highest BCUT2D eigenvalue weighted by molar-refractivity contribution is 5.78. The summed E-state index contributed by atoms with van der Waals surface area (Å²) in [6, 6.07) is 8.00. The monoisotopic (exact) mass is 248 g/mol. The molecule has 1 aliphatic rings. The van der Waals surface area contributed by atoms with Crippen molar-refractivity contribution in [1.29, 1.82) is 0 Å². The maximum absolute atomic E-state index is 11.7. The van der Waals surface area contributed by atoms with E-state index in [-0.39, 0.29) is 17.9 Å². The molecule has 2 atom stereocenters. The van der Waals surface area contributed by atoms with Gasteiger partial charge in [-0.3, -0.25) is 4.79 Å². The van der Waals surface area contributed by atoms with E-state index in [9.17, 15) is 4.79 Å². The third kappa shape index (κ3) is 3.01. The van der Waals surface area contributed by atoms with Crippen LogP contribution in [-0.2, 0) is 11.2 Å². The van der Waals surface area contributed by atoms with Crippen molar-refractivity contribution in [2.75, 3.05) is 13.1 Å². The Morgan fingerprint density at radius 2 is 2.33 bits per heavy atom. The molecule has 98 valence electrons. The van der Waals surface area contributed by atoms with Gasteiger partial charge in [-0.2, -0.15) is 0 Å². The van der Waals surface area contributed by atoms with Crippen LogP contribution in [0, 0.1) is 5.92 Å². The number of benzene rings is 1. The Morgan fingerprint density at radius 1 is 1.56 bits per heavy atom. The van der Waals surface area contributed by atoms with Gasteiger partial charge in [-0.15, -0.1) is 0 Å². The summed E-state index contributed by atoms with van der Waals surface area (Å²) in [5.41, 5.74) is 6.65. The quantitative estimate of drug-likeness (QED) is 0.820. The van der Waals surface area contributed by atoms with Gasteiger partial charge in [-0.05, 0) is 24.6 Å². The third-order valence-corrected chi connectivity index (χ3v) is 3.27. The normalized spacial score (nSPS) is 18.9. The fourth-order valence-corrected chi connectivity index (χ4v) is 2.14. The average Bonchev–Trinajstić information content (AvgIpc) is 2.78. The Labute approximate surface area is 108 Å². The molecular formula is C14H20N2O2. The Hall–Kier alpha value is -1.55. The van der Waals surface area contributed by atoms with Gasteiger partial charge in [0.15, 0.2) is 0 Å².